The molecule has 0 saturated carbocycles. The maximum atomic E-state index is 13.3. The monoisotopic (exact) mass is 565 g/mol. The molecule has 2 aliphatic rings. The van der Waals surface area contributed by atoms with Gasteiger partial charge in [0.25, 0.3) is 0 Å². The molecule has 4 bridgehead atoms. The highest BCUT2D eigenvalue weighted by atomic mass is 35.5. The number of halogens is 1. The maximum Gasteiger partial charge on any atom is 0.407 e. The van der Waals surface area contributed by atoms with E-state index in [1.165, 1.54) is 12.0 Å². The number of hydrogen-bond donors (Lipinski definition) is 4. The fourth-order valence-electron chi connectivity index (χ4n) is 4.47. The second kappa shape index (κ2) is 14.3. The summed E-state index contributed by atoms with van der Waals surface area (Å²) in [5.74, 6) is -0.688. The number of aliphatic hydroxyl groups excluding tert-OH is 2. The molecular formula is C27H36ClN3O8. The number of alkyl carbamates (subject to hydrolysis) is 1. The Bertz CT molecular complexity index is 1100. The van der Waals surface area contributed by atoms with Crippen molar-refractivity contribution in [3.63, 3.8) is 0 Å². The average molecular weight is 566 g/mol. The summed E-state index contributed by atoms with van der Waals surface area (Å²) >= 11 is 6.54. The Balaban J connectivity index is 1.95. The molecule has 5 atom stereocenters. The number of carbonyl (C=O) groups is 3. The number of benzene rings is 1. The molecule has 4 N–H and O–H groups in total. The highest BCUT2D eigenvalue weighted by Gasteiger charge is 2.34. The number of nitrogens with zero attached hydrogens (tertiary/aromatic N) is 1. The normalized spacial score (nSPS) is 28.2. The van der Waals surface area contributed by atoms with E-state index in [0.717, 1.165) is 5.56 Å². The lowest BCUT2D eigenvalue weighted by atomic mass is 9.96. The minimum atomic E-state index is -1.22. The zero-order chi connectivity index (χ0) is 28.5. The summed E-state index contributed by atoms with van der Waals surface area (Å²) in [6.45, 7) is -0.106. The van der Waals surface area contributed by atoms with Crippen molar-refractivity contribution in [2.24, 2.45) is 0 Å². The fourth-order valence-corrected chi connectivity index (χ4v) is 4.78. The second-order valence-corrected chi connectivity index (χ2v) is 9.89. The molecule has 12 heteroatoms. The van der Waals surface area contributed by atoms with Gasteiger partial charge < -0.3 is 40.0 Å². The van der Waals surface area contributed by atoms with Gasteiger partial charge in [0.05, 0.1) is 44.0 Å². The number of fused-ring (bicyclic) bond motifs is 4. The van der Waals surface area contributed by atoms with E-state index in [0.29, 0.717) is 24.3 Å². The summed E-state index contributed by atoms with van der Waals surface area (Å²) in [5.41, 5.74) is 1.21. The van der Waals surface area contributed by atoms with Crippen molar-refractivity contribution in [2.75, 3.05) is 32.6 Å². The van der Waals surface area contributed by atoms with Gasteiger partial charge in [0.1, 0.15) is 23.0 Å². The van der Waals surface area contributed by atoms with Gasteiger partial charge in [-0.15, -0.1) is 0 Å². The fraction of sp³-hybridized carbons (Fsp3) is 0.519. The molecule has 0 aliphatic carbocycles. The van der Waals surface area contributed by atoms with Crippen LogP contribution in [-0.2, 0) is 25.5 Å². The van der Waals surface area contributed by atoms with Crippen molar-refractivity contribution in [3.05, 3.63) is 47.0 Å². The first-order valence-electron chi connectivity index (χ1n) is 12.8. The van der Waals surface area contributed by atoms with Crippen LogP contribution < -0.4 is 20.3 Å². The summed E-state index contributed by atoms with van der Waals surface area (Å²) in [7, 11) is 4.60. The number of methoxy groups -OCH3 is 1. The summed E-state index contributed by atoms with van der Waals surface area (Å²) < 4.78 is 16.2. The summed E-state index contributed by atoms with van der Waals surface area (Å²) in [6.07, 6.45) is 3.10. The van der Waals surface area contributed by atoms with Crippen LogP contribution in [0.15, 0.2) is 36.4 Å². The first kappa shape index (κ1) is 30.4. The number of allylic oxidation sites excluding steroid dienone is 3. The van der Waals surface area contributed by atoms with Gasteiger partial charge in [-0.3, -0.25) is 9.59 Å². The Kier molecular flexibility index (Phi) is 11.2. The van der Waals surface area contributed by atoms with E-state index in [4.69, 9.17) is 25.8 Å². The first-order valence-corrected chi connectivity index (χ1v) is 13.1. The standard InChI is InChI=1S/C27H36ClN3O8/c1-29-15-25(35)39-22-14-24(34)31(2)19-11-16(12-23(37-3)26(19)28)7-5-4-6-8-20(32)18-13-17(9-10-21(22)33)38-27(36)30-18/h4-6,8,11-12,17-18,20-22,29,32-33H,7,9-10,13-15H2,1-3H3,(H,30,36)/b5-4+,8-6+/t17-,18?,20-,21+,22+/m1/s1. The number of ether oxygens (including phenoxy) is 3. The van der Waals surface area contributed by atoms with Crippen LogP contribution in [0.5, 0.6) is 5.75 Å². The number of aliphatic hydroxyl groups is 2. The van der Waals surface area contributed by atoms with Gasteiger partial charge in [0, 0.05) is 13.5 Å². The Hall–Kier alpha value is -3.12. The lowest BCUT2D eigenvalue weighted by molar-refractivity contribution is -0.155. The lowest BCUT2D eigenvalue weighted by Gasteiger charge is -2.33. The second-order valence-electron chi connectivity index (χ2n) is 9.51. The minimum absolute atomic E-state index is 0.0812. The van der Waals surface area contributed by atoms with E-state index in [1.54, 1.807) is 44.5 Å². The molecule has 2 aliphatic heterocycles. The van der Waals surface area contributed by atoms with Crippen LogP contribution in [0.1, 0.15) is 31.2 Å². The number of esters is 1. The Morgan fingerprint density at radius 1 is 1.26 bits per heavy atom. The number of likely N-dealkylation sites (N-methyl/N-ethyl adjacent to an activating group) is 1. The van der Waals surface area contributed by atoms with Crippen LogP contribution in [-0.4, -0.2) is 86.4 Å². The molecule has 11 nitrogen and oxygen atoms in total. The highest BCUT2D eigenvalue weighted by Crippen LogP contribution is 2.36. The van der Waals surface area contributed by atoms with Gasteiger partial charge >= 0.3 is 12.1 Å². The summed E-state index contributed by atoms with van der Waals surface area (Å²) in [5, 5.41) is 27.1. The number of amides is 2. The molecule has 0 spiro atoms. The SMILES string of the molecule is CNCC(=O)O[C@H]1CC(=O)N(C)c2cc(cc(OC)c2Cl)C/C=C/C=C/[C@@H](O)C2C[C@@H](CC[C@@H]1O)OC(=O)N2. The topological polar surface area (TPSA) is 147 Å². The van der Waals surface area contributed by atoms with Crippen LogP contribution >= 0.6 is 11.6 Å². The third-order valence-electron chi connectivity index (χ3n) is 6.64. The van der Waals surface area contributed by atoms with Crippen molar-refractivity contribution in [2.45, 2.75) is 62.6 Å². The molecule has 2 amide bonds. The number of carbonyl (C=O) groups excluding carboxylic acids is 3. The highest BCUT2D eigenvalue weighted by molar-refractivity contribution is 6.35. The number of nitrogens with one attached hydrogen (secondary N) is 2. The number of rotatable bonds is 4. The molecule has 2 heterocycles. The van der Waals surface area contributed by atoms with E-state index in [9.17, 15) is 24.6 Å². The quantitative estimate of drug-likeness (QED) is 0.402. The zero-order valence-corrected chi connectivity index (χ0v) is 23.0. The Morgan fingerprint density at radius 3 is 2.74 bits per heavy atom. The third kappa shape index (κ3) is 8.43. The molecule has 214 valence electrons. The molecule has 3 rings (SSSR count). The predicted octanol–water partition coefficient (Wildman–Crippen LogP) is 1.87. The van der Waals surface area contributed by atoms with Gasteiger partial charge in [0.2, 0.25) is 5.91 Å². The molecule has 1 fully saturated rings. The van der Waals surface area contributed by atoms with Gasteiger partial charge in [-0.1, -0.05) is 35.9 Å². The maximum absolute atomic E-state index is 13.3. The van der Waals surface area contributed by atoms with Crippen LogP contribution in [0.4, 0.5) is 10.5 Å². The van der Waals surface area contributed by atoms with Crippen molar-refractivity contribution in [3.8, 4) is 5.75 Å². The third-order valence-corrected chi connectivity index (χ3v) is 7.02. The van der Waals surface area contributed by atoms with Crippen molar-refractivity contribution >= 4 is 35.3 Å². The van der Waals surface area contributed by atoms with E-state index in [-0.39, 0.29) is 30.8 Å². The molecule has 1 saturated heterocycles. The molecule has 1 aromatic rings. The van der Waals surface area contributed by atoms with Crippen molar-refractivity contribution in [1.29, 1.82) is 0 Å². The van der Waals surface area contributed by atoms with Crippen LogP contribution in [0, 0.1) is 0 Å². The van der Waals surface area contributed by atoms with Crippen LogP contribution in [0.2, 0.25) is 5.02 Å². The van der Waals surface area contributed by atoms with Crippen molar-refractivity contribution in [1.82, 2.24) is 10.6 Å². The van der Waals surface area contributed by atoms with E-state index in [1.807, 2.05) is 6.08 Å². The molecule has 0 aromatic heterocycles. The predicted molar refractivity (Wildman–Crippen MR) is 145 cm³/mol. The van der Waals surface area contributed by atoms with Gasteiger partial charge in [0.15, 0.2) is 0 Å². The zero-order valence-electron chi connectivity index (χ0n) is 22.3. The van der Waals surface area contributed by atoms with Crippen LogP contribution in [0.3, 0.4) is 0 Å². The summed E-state index contributed by atoms with van der Waals surface area (Å²) in [4.78, 5) is 39.0. The van der Waals surface area contributed by atoms with Crippen molar-refractivity contribution < 1.29 is 38.8 Å². The number of anilines is 1. The smallest absolute Gasteiger partial charge is 0.407 e. The lowest BCUT2D eigenvalue weighted by Crippen LogP contribution is -2.51. The molecule has 1 aromatic carbocycles. The largest absolute Gasteiger partial charge is 0.495 e. The Labute approximate surface area is 232 Å². The van der Waals surface area contributed by atoms with Crippen LogP contribution in [0.25, 0.3) is 0 Å². The van der Waals surface area contributed by atoms with Gasteiger partial charge in [-0.05, 0) is 44.0 Å². The van der Waals surface area contributed by atoms with Gasteiger partial charge in [-0.25, -0.2) is 4.79 Å². The number of hydrogen-bond acceptors (Lipinski definition) is 9. The minimum Gasteiger partial charge on any atom is -0.495 e. The molecular weight excluding hydrogens is 530 g/mol. The van der Waals surface area contributed by atoms with E-state index in [2.05, 4.69) is 10.6 Å². The average Bonchev–Trinajstić information content (AvgIpc) is 2.90. The van der Waals surface area contributed by atoms with Gasteiger partial charge in [-0.2, -0.15) is 0 Å². The molecule has 1 unspecified atom stereocenters. The molecule has 0 radical (unpaired) electrons. The van der Waals surface area contributed by atoms with E-state index >= 15 is 0 Å². The molecule has 39 heavy (non-hydrogen) atoms. The van der Waals surface area contributed by atoms with E-state index < -0.39 is 48.4 Å². The first-order chi connectivity index (χ1) is 18.6. The summed E-state index contributed by atoms with van der Waals surface area (Å²) in [6, 6.07) is 2.94. The Morgan fingerprint density at radius 2 is 2.03 bits per heavy atom.